The van der Waals surface area contributed by atoms with Gasteiger partial charge in [-0.05, 0) is 23.8 Å². The Kier molecular flexibility index (Phi) is 10.2. The van der Waals surface area contributed by atoms with E-state index >= 15 is 0 Å². The third-order valence-corrected chi connectivity index (χ3v) is 5.36. The van der Waals surface area contributed by atoms with Gasteiger partial charge in [0.1, 0.15) is 0 Å². The quantitative estimate of drug-likeness (QED) is 0.578. The normalized spacial score (nSPS) is 14.1. The van der Waals surface area contributed by atoms with Gasteiger partial charge >= 0.3 is 11.9 Å². The maximum atomic E-state index is 9.10. The first-order valence-corrected chi connectivity index (χ1v) is 10.6. The van der Waals surface area contributed by atoms with Crippen molar-refractivity contribution < 1.29 is 34.0 Å². The number of halogens is 1. The standard InChI is InChI=1S/C21H27ClN2O3.C2H2O4/c1-25-19-8-7-17(20(26-2)21(19)27-3)15-24-11-9-23(10-12-24)14-16-5-4-6-18(22)13-16;3-1(4)2(5)6/h4-8,13H,9-12,14-15H2,1-3H3;(H,3,4)(H,5,6). The number of aliphatic carboxylic acids is 2. The highest BCUT2D eigenvalue weighted by atomic mass is 35.5. The van der Waals surface area contributed by atoms with Gasteiger partial charge in [0.15, 0.2) is 11.5 Å². The fourth-order valence-corrected chi connectivity index (χ4v) is 3.74. The fraction of sp³-hybridized carbons (Fsp3) is 0.391. The number of carboxylic acid groups (broad SMARTS) is 2. The number of hydrogen-bond acceptors (Lipinski definition) is 7. The topological polar surface area (TPSA) is 109 Å². The van der Waals surface area contributed by atoms with Crippen molar-refractivity contribution >= 4 is 23.5 Å². The summed E-state index contributed by atoms with van der Waals surface area (Å²) in [6.07, 6.45) is 0. The molecule has 0 amide bonds. The molecule has 1 fully saturated rings. The Morgan fingerprint density at radius 3 is 1.91 bits per heavy atom. The Balaban J connectivity index is 0.000000569. The molecule has 0 unspecified atom stereocenters. The summed E-state index contributed by atoms with van der Waals surface area (Å²) < 4.78 is 16.5. The summed E-state index contributed by atoms with van der Waals surface area (Å²) >= 11 is 6.09. The molecule has 2 aromatic carbocycles. The predicted molar refractivity (Wildman–Crippen MR) is 123 cm³/mol. The predicted octanol–water partition coefficient (Wildman–Crippen LogP) is 2.84. The van der Waals surface area contributed by atoms with E-state index in [1.807, 2.05) is 24.3 Å². The van der Waals surface area contributed by atoms with Crippen LogP contribution in [0.1, 0.15) is 11.1 Å². The lowest BCUT2D eigenvalue weighted by Crippen LogP contribution is -2.45. The molecule has 180 valence electrons. The van der Waals surface area contributed by atoms with Crippen LogP contribution in [-0.4, -0.2) is 79.5 Å². The molecular formula is C23H29ClN2O7. The van der Waals surface area contributed by atoms with E-state index in [4.69, 9.17) is 45.6 Å². The zero-order valence-electron chi connectivity index (χ0n) is 18.9. The molecule has 0 bridgehead atoms. The van der Waals surface area contributed by atoms with Crippen molar-refractivity contribution in [1.82, 2.24) is 9.80 Å². The van der Waals surface area contributed by atoms with E-state index in [-0.39, 0.29) is 0 Å². The van der Waals surface area contributed by atoms with Crippen molar-refractivity contribution in [3.05, 3.63) is 52.5 Å². The number of rotatable bonds is 7. The second kappa shape index (κ2) is 12.9. The first-order chi connectivity index (χ1) is 15.8. The summed E-state index contributed by atoms with van der Waals surface area (Å²) in [5.74, 6) is -1.57. The van der Waals surface area contributed by atoms with Crippen LogP contribution >= 0.6 is 11.6 Å². The molecule has 1 aliphatic rings. The largest absolute Gasteiger partial charge is 0.493 e. The lowest BCUT2D eigenvalue weighted by atomic mass is 10.1. The van der Waals surface area contributed by atoms with Gasteiger partial charge in [0, 0.05) is 49.9 Å². The molecule has 1 heterocycles. The molecule has 10 heteroatoms. The van der Waals surface area contributed by atoms with E-state index in [0.29, 0.717) is 11.5 Å². The number of benzene rings is 2. The van der Waals surface area contributed by atoms with Crippen LogP contribution in [0.5, 0.6) is 17.2 Å². The van der Waals surface area contributed by atoms with Crippen molar-refractivity contribution in [1.29, 1.82) is 0 Å². The molecule has 3 rings (SSSR count). The molecular weight excluding hydrogens is 452 g/mol. The molecule has 0 aromatic heterocycles. The fourth-order valence-electron chi connectivity index (χ4n) is 3.53. The smallest absolute Gasteiger partial charge is 0.414 e. The molecule has 2 aromatic rings. The Labute approximate surface area is 198 Å². The van der Waals surface area contributed by atoms with Gasteiger partial charge in [0.25, 0.3) is 0 Å². The number of nitrogens with zero attached hydrogens (tertiary/aromatic N) is 2. The highest BCUT2D eigenvalue weighted by Gasteiger charge is 2.21. The molecule has 1 aliphatic heterocycles. The van der Waals surface area contributed by atoms with Crippen LogP contribution in [0.3, 0.4) is 0 Å². The Hall–Kier alpha value is -3.01. The minimum atomic E-state index is -1.82. The highest BCUT2D eigenvalue weighted by Crippen LogP contribution is 2.40. The van der Waals surface area contributed by atoms with Gasteiger partial charge in [-0.1, -0.05) is 29.8 Å². The van der Waals surface area contributed by atoms with Crippen LogP contribution < -0.4 is 14.2 Å². The Morgan fingerprint density at radius 1 is 0.848 bits per heavy atom. The maximum absolute atomic E-state index is 9.10. The number of methoxy groups -OCH3 is 3. The number of carbonyl (C=O) groups is 2. The lowest BCUT2D eigenvalue weighted by molar-refractivity contribution is -0.159. The number of hydrogen-bond donors (Lipinski definition) is 2. The zero-order chi connectivity index (χ0) is 24.4. The summed E-state index contributed by atoms with van der Waals surface area (Å²) in [5.41, 5.74) is 2.37. The van der Waals surface area contributed by atoms with Crippen LogP contribution in [0.25, 0.3) is 0 Å². The maximum Gasteiger partial charge on any atom is 0.414 e. The Morgan fingerprint density at radius 2 is 1.42 bits per heavy atom. The van der Waals surface area contributed by atoms with Crippen LogP contribution in [0, 0.1) is 0 Å². The minimum Gasteiger partial charge on any atom is -0.493 e. The highest BCUT2D eigenvalue weighted by molar-refractivity contribution is 6.30. The number of carboxylic acids is 2. The van der Waals surface area contributed by atoms with Crippen molar-refractivity contribution in [3.63, 3.8) is 0 Å². The average Bonchev–Trinajstić information content (AvgIpc) is 2.80. The van der Waals surface area contributed by atoms with Crippen molar-refractivity contribution in [3.8, 4) is 17.2 Å². The van der Waals surface area contributed by atoms with E-state index in [9.17, 15) is 0 Å². The van der Waals surface area contributed by atoms with Gasteiger partial charge in [-0.3, -0.25) is 9.80 Å². The van der Waals surface area contributed by atoms with E-state index in [1.165, 1.54) is 5.56 Å². The zero-order valence-corrected chi connectivity index (χ0v) is 19.7. The summed E-state index contributed by atoms with van der Waals surface area (Å²) in [4.78, 5) is 23.1. The molecule has 0 aliphatic carbocycles. The van der Waals surface area contributed by atoms with Crippen molar-refractivity contribution in [2.24, 2.45) is 0 Å². The van der Waals surface area contributed by atoms with Crippen molar-refractivity contribution in [2.45, 2.75) is 13.1 Å². The van der Waals surface area contributed by atoms with Gasteiger partial charge < -0.3 is 24.4 Å². The Bertz CT molecular complexity index is 934. The van der Waals surface area contributed by atoms with E-state index in [1.54, 1.807) is 21.3 Å². The van der Waals surface area contributed by atoms with Crippen LogP contribution in [0.2, 0.25) is 5.02 Å². The van der Waals surface area contributed by atoms with Gasteiger partial charge in [-0.15, -0.1) is 0 Å². The summed E-state index contributed by atoms with van der Waals surface area (Å²) in [6, 6.07) is 12.1. The SMILES string of the molecule is COc1ccc(CN2CCN(Cc3cccc(Cl)c3)CC2)c(OC)c1OC.O=C(O)C(=O)O. The van der Waals surface area contributed by atoms with E-state index in [2.05, 4.69) is 21.9 Å². The molecule has 1 saturated heterocycles. The molecule has 9 nitrogen and oxygen atoms in total. The minimum absolute atomic E-state index is 0.650. The van der Waals surface area contributed by atoms with E-state index < -0.39 is 11.9 Å². The van der Waals surface area contributed by atoms with Crippen LogP contribution in [0.4, 0.5) is 0 Å². The third-order valence-electron chi connectivity index (χ3n) is 5.12. The molecule has 0 spiro atoms. The summed E-state index contributed by atoms with van der Waals surface area (Å²) in [7, 11) is 4.94. The average molecular weight is 481 g/mol. The number of ether oxygens (including phenoxy) is 3. The lowest BCUT2D eigenvalue weighted by Gasteiger charge is -2.35. The second-order valence-corrected chi connectivity index (χ2v) is 7.72. The van der Waals surface area contributed by atoms with Gasteiger partial charge in [0.05, 0.1) is 21.3 Å². The summed E-state index contributed by atoms with van der Waals surface area (Å²) in [6.45, 7) is 5.85. The third kappa shape index (κ3) is 7.81. The molecule has 33 heavy (non-hydrogen) atoms. The first-order valence-electron chi connectivity index (χ1n) is 10.2. The van der Waals surface area contributed by atoms with Crippen molar-refractivity contribution in [2.75, 3.05) is 47.5 Å². The first kappa shape index (κ1) is 26.2. The van der Waals surface area contributed by atoms with E-state index in [0.717, 1.165) is 55.6 Å². The monoisotopic (exact) mass is 480 g/mol. The molecule has 2 N–H and O–H groups in total. The van der Waals surface area contributed by atoms with Crippen LogP contribution in [0.15, 0.2) is 36.4 Å². The van der Waals surface area contributed by atoms with Gasteiger partial charge in [-0.2, -0.15) is 0 Å². The van der Waals surface area contributed by atoms with Crippen LogP contribution in [-0.2, 0) is 22.7 Å². The molecule has 0 radical (unpaired) electrons. The van der Waals surface area contributed by atoms with Gasteiger partial charge in [0.2, 0.25) is 5.75 Å². The summed E-state index contributed by atoms with van der Waals surface area (Å²) in [5, 5.41) is 15.6. The molecule has 0 saturated carbocycles. The second-order valence-electron chi connectivity index (χ2n) is 7.29. The van der Waals surface area contributed by atoms with Gasteiger partial charge in [-0.25, -0.2) is 9.59 Å². The molecule has 0 atom stereocenters. The number of piperazine rings is 1.